The number of hydrogen-bond donors (Lipinski definition) is 12. The first-order valence-corrected chi connectivity index (χ1v) is 25.8. The number of hydrogen-bond acceptors (Lipinski definition) is 11. The number of fused-ring (bicyclic) bond motifs is 1. The lowest BCUT2D eigenvalue weighted by Crippen LogP contribution is -2.59. The third kappa shape index (κ3) is 20.6. The summed E-state index contributed by atoms with van der Waals surface area (Å²) >= 11 is 0. The molecule has 4 aromatic rings. The zero-order chi connectivity index (χ0) is 56.8. The smallest absolute Gasteiger partial charge is 0.243 e. The van der Waals surface area contributed by atoms with E-state index >= 15 is 0 Å². The van der Waals surface area contributed by atoms with E-state index < -0.39 is 114 Å². The van der Waals surface area contributed by atoms with Crippen molar-refractivity contribution in [1.82, 2.24) is 57.7 Å². The van der Waals surface area contributed by atoms with Crippen LogP contribution in [0, 0.1) is 23.7 Å². The monoisotopic (exact) mass is 1070 g/mol. The fraction of sp³-hybridized carbons (Fsp3) is 0.481. The summed E-state index contributed by atoms with van der Waals surface area (Å²) in [6, 6.07) is 7.34. The Morgan fingerprint density at radius 2 is 1.26 bits per heavy atom. The third-order valence-corrected chi connectivity index (χ3v) is 12.5. The van der Waals surface area contributed by atoms with E-state index in [-0.39, 0.29) is 43.9 Å². The maximum Gasteiger partial charge on any atom is 0.243 e. The molecule has 2 heterocycles. The number of nitrogens with two attached hydrogens (primary N) is 2. The standard InChI is InChI=1S/C54H76FN13O9/c1-30(2)21-35(48(57)71)17-18-37(22-31(3)4)63-52(75)43(25-38-27-58-29-61-38)64-46(70)28-60-54(77)47(32(5)6)67-49(72)33(7)62-51(74)42(24-36-26-59-40-16-12-11-15-39(36)40)66-50(73)41(19-20-45(56)69)65-53(76)44(68-55)23-34-13-9-8-10-14-34/h8-18,26-27,29-33,35,37,41-44,47,59,68H,19-25,28H2,1-7H3,(H2,56,69)(H2,57,71)(H,58,61)(H,60,77)(H,62,74)(H,63,75)(H,64,70)(H,65,76)(H,66,73)(H,67,72)/b18-17+. The lowest BCUT2D eigenvalue weighted by atomic mass is 9.94. The summed E-state index contributed by atoms with van der Waals surface area (Å²) in [5.74, 6) is -7.44. The number of imidazole rings is 1. The summed E-state index contributed by atoms with van der Waals surface area (Å²) < 4.78 is 14.1. The highest BCUT2D eigenvalue weighted by molar-refractivity contribution is 5.97. The van der Waals surface area contributed by atoms with Gasteiger partial charge in [0, 0.05) is 54.3 Å². The van der Waals surface area contributed by atoms with Gasteiger partial charge in [-0.2, -0.15) is 0 Å². The van der Waals surface area contributed by atoms with Crippen molar-refractivity contribution in [2.75, 3.05) is 6.54 Å². The second-order valence-electron chi connectivity index (χ2n) is 20.4. The number of amides is 9. The van der Waals surface area contributed by atoms with Crippen molar-refractivity contribution < 1.29 is 47.6 Å². The molecule has 0 aliphatic carbocycles. The summed E-state index contributed by atoms with van der Waals surface area (Å²) in [4.78, 5) is 131. The van der Waals surface area contributed by atoms with Gasteiger partial charge in [-0.3, -0.25) is 43.2 Å². The van der Waals surface area contributed by atoms with Gasteiger partial charge >= 0.3 is 0 Å². The van der Waals surface area contributed by atoms with Crippen LogP contribution in [0.4, 0.5) is 4.48 Å². The minimum Gasteiger partial charge on any atom is -0.370 e. The molecule has 8 atom stereocenters. The van der Waals surface area contributed by atoms with Gasteiger partial charge < -0.3 is 58.7 Å². The van der Waals surface area contributed by atoms with Gasteiger partial charge in [0.25, 0.3) is 0 Å². The van der Waals surface area contributed by atoms with Gasteiger partial charge in [0.05, 0.1) is 18.8 Å². The molecule has 2 aromatic carbocycles. The maximum atomic E-state index is 14.2. The number of halogens is 1. The van der Waals surface area contributed by atoms with Crippen molar-refractivity contribution in [1.29, 1.82) is 0 Å². The van der Waals surface area contributed by atoms with E-state index in [1.807, 2.05) is 39.8 Å². The van der Waals surface area contributed by atoms with Crippen LogP contribution in [-0.2, 0) is 62.4 Å². The highest BCUT2D eigenvalue weighted by Gasteiger charge is 2.33. The molecule has 0 fully saturated rings. The van der Waals surface area contributed by atoms with Crippen molar-refractivity contribution in [2.24, 2.45) is 35.1 Å². The number of H-pyrrole nitrogens is 2. The molecule has 0 saturated carbocycles. The molecule has 0 saturated heterocycles. The number of nitrogens with one attached hydrogen (secondary N) is 10. The molecule has 9 amide bonds. The van der Waals surface area contributed by atoms with Crippen molar-refractivity contribution >= 4 is 64.1 Å². The molecule has 0 bridgehead atoms. The Bertz CT molecular complexity index is 2640. The SMILES string of the molecule is CC(C)CC(/C=C/C(CC(C)C)C(N)=O)NC(=O)C(Cc1cnc[nH]1)NC(=O)CNC(=O)C(NC(=O)C(C)NC(=O)C(Cc1c[nH]c2ccccc12)NC(=O)C(CCC(N)=O)NC(=O)C(Cc1ccccc1)NF)C(C)C. The van der Waals surface area contributed by atoms with Gasteiger partial charge in [0.2, 0.25) is 53.2 Å². The number of rotatable bonds is 32. The Balaban J connectivity index is 1.46. The molecule has 8 unspecified atom stereocenters. The highest BCUT2D eigenvalue weighted by atomic mass is 19.2. The van der Waals surface area contributed by atoms with Gasteiger partial charge in [-0.1, -0.05) is 102 Å². The summed E-state index contributed by atoms with van der Waals surface area (Å²) in [5.41, 5.74) is 15.0. The molecule has 0 spiro atoms. The lowest BCUT2D eigenvalue weighted by molar-refractivity contribution is -0.135. The fourth-order valence-corrected chi connectivity index (χ4v) is 8.44. The van der Waals surface area contributed by atoms with E-state index in [9.17, 15) is 47.6 Å². The zero-order valence-electron chi connectivity index (χ0n) is 44.7. The molecule has 4 rings (SSSR count). The number of carbonyl (C=O) groups excluding carboxylic acids is 9. The van der Waals surface area contributed by atoms with Crippen LogP contribution in [0.2, 0.25) is 0 Å². The Morgan fingerprint density at radius 1 is 0.636 bits per heavy atom. The quantitative estimate of drug-likeness (QED) is 0.0246. The first kappa shape index (κ1) is 61.6. The number of aromatic amines is 2. The Morgan fingerprint density at radius 3 is 1.88 bits per heavy atom. The topological polar surface area (TPSA) is 346 Å². The molecule has 418 valence electrons. The average Bonchev–Trinajstić information content (AvgIpc) is 4.05. The van der Waals surface area contributed by atoms with Crippen LogP contribution >= 0.6 is 0 Å². The van der Waals surface area contributed by atoms with E-state index in [1.54, 1.807) is 74.7 Å². The fourth-order valence-electron chi connectivity index (χ4n) is 8.44. The van der Waals surface area contributed by atoms with Crippen molar-refractivity contribution in [3.05, 3.63) is 102 Å². The lowest BCUT2D eigenvalue weighted by Gasteiger charge is -2.26. The molecule has 0 radical (unpaired) electrons. The van der Waals surface area contributed by atoms with Gasteiger partial charge in [-0.25, -0.2) is 4.98 Å². The number of benzene rings is 2. The zero-order valence-corrected chi connectivity index (χ0v) is 44.7. The number of para-hydroxylation sites is 1. The molecule has 0 aliphatic rings. The normalized spacial score (nSPS) is 14.6. The average molecular weight is 1070 g/mol. The van der Waals surface area contributed by atoms with E-state index in [4.69, 9.17) is 11.5 Å². The number of carbonyl (C=O) groups is 9. The molecule has 23 heteroatoms. The van der Waals surface area contributed by atoms with Crippen LogP contribution < -0.4 is 54.2 Å². The minimum absolute atomic E-state index is 0.0156. The van der Waals surface area contributed by atoms with E-state index in [2.05, 4.69) is 52.2 Å². The first-order chi connectivity index (χ1) is 36.5. The maximum absolute atomic E-state index is 14.2. The predicted molar refractivity (Wildman–Crippen MR) is 287 cm³/mol. The number of aromatic nitrogens is 3. The van der Waals surface area contributed by atoms with Gasteiger partial charge in [0.1, 0.15) is 36.3 Å². The van der Waals surface area contributed by atoms with E-state index in [1.165, 1.54) is 25.0 Å². The van der Waals surface area contributed by atoms with Crippen molar-refractivity contribution in [3.8, 4) is 0 Å². The van der Waals surface area contributed by atoms with Crippen molar-refractivity contribution in [3.63, 3.8) is 0 Å². The second kappa shape index (κ2) is 30.6. The summed E-state index contributed by atoms with van der Waals surface area (Å²) in [6.07, 6.45) is 8.24. The van der Waals surface area contributed by atoms with Crippen molar-refractivity contribution in [2.45, 2.75) is 136 Å². The third-order valence-electron chi connectivity index (χ3n) is 12.5. The van der Waals surface area contributed by atoms with Gasteiger partial charge in [-0.15, -0.1) is 10.0 Å². The van der Waals surface area contributed by atoms with Crippen LogP contribution in [-0.4, -0.2) is 117 Å². The predicted octanol–water partition coefficient (Wildman–Crippen LogP) is 1.48. The van der Waals surface area contributed by atoms with E-state index in [0.29, 0.717) is 29.7 Å². The number of nitrogens with zero attached hydrogens (tertiary/aromatic N) is 1. The van der Waals surface area contributed by atoms with Crippen LogP contribution in [0.3, 0.4) is 0 Å². The molecular formula is C54H76FN13O9. The minimum atomic E-state index is -1.46. The molecule has 0 aliphatic heterocycles. The molecule has 22 nitrogen and oxygen atoms in total. The summed E-state index contributed by atoms with van der Waals surface area (Å²) in [5, 5.41) is 19.3. The molecule has 2 aromatic heterocycles. The molecule has 14 N–H and O–H groups in total. The van der Waals surface area contributed by atoms with Gasteiger partial charge in [0.15, 0.2) is 0 Å². The van der Waals surface area contributed by atoms with Crippen LogP contribution in [0.15, 0.2) is 85.5 Å². The highest BCUT2D eigenvalue weighted by Crippen LogP contribution is 2.20. The van der Waals surface area contributed by atoms with Crippen LogP contribution in [0.5, 0.6) is 0 Å². The summed E-state index contributed by atoms with van der Waals surface area (Å²) in [6.45, 7) is 12.0. The van der Waals surface area contributed by atoms with E-state index in [0.717, 1.165) is 10.9 Å². The van der Waals surface area contributed by atoms with Gasteiger partial charge in [-0.05, 0) is 67.6 Å². The molecule has 77 heavy (non-hydrogen) atoms. The summed E-state index contributed by atoms with van der Waals surface area (Å²) in [7, 11) is 0. The Hall–Kier alpha value is -7.95. The second-order valence-corrected chi connectivity index (χ2v) is 20.4. The largest absolute Gasteiger partial charge is 0.370 e. The molecular weight excluding hydrogens is 994 g/mol. The van der Waals surface area contributed by atoms with Crippen LogP contribution in [0.25, 0.3) is 10.9 Å². The van der Waals surface area contributed by atoms with Crippen LogP contribution in [0.1, 0.15) is 91.0 Å². The number of primary amides is 2. The Kier molecular flexibility index (Phi) is 24.4. The first-order valence-electron chi connectivity index (χ1n) is 25.8. The Labute approximate surface area is 447 Å².